The van der Waals surface area contributed by atoms with E-state index in [0.29, 0.717) is 5.56 Å². The summed E-state index contributed by atoms with van der Waals surface area (Å²) in [7, 11) is 0. The molecule has 0 bridgehead atoms. The Labute approximate surface area is 275 Å². The number of benzene rings is 3. The lowest BCUT2D eigenvalue weighted by atomic mass is 9.77. The van der Waals surface area contributed by atoms with Crippen molar-refractivity contribution in [2.45, 2.75) is 66.4 Å². The molecule has 17 nitrogen and oxygen atoms in total. The second kappa shape index (κ2) is 11.8. The molecule has 2 fully saturated rings. The zero-order valence-corrected chi connectivity index (χ0v) is 25.1. The fraction of sp³-hybridized carbons (Fsp3) is 0.406. The summed E-state index contributed by atoms with van der Waals surface area (Å²) in [5.41, 5.74) is -0.393. The summed E-state index contributed by atoms with van der Waals surface area (Å²) in [6, 6.07) is 14.6. The van der Waals surface area contributed by atoms with Gasteiger partial charge in [-0.1, -0.05) is 18.2 Å². The zero-order valence-electron chi connectivity index (χ0n) is 25.1. The van der Waals surface area contributed by atoms with E-state index in [1.54, 1.807) is 24.3 Å². The van der Waals surface area contributed by atoms with Crippen LogP contribution in [-0.2, 0) is 19.8 Å². The highest BCUT2D eigenvalue weighted by atomic mass is 16.8. The molecule has 1 spiro atoms. The molecular weight excluding hydrogens is 656 g/mol. The number of rotatable bonds is 6. The topological polar surface area (TPSA) is 275 Å². The SMILES string of the molecule is O=C1OC2(c3ccc(OC4(O)O[C@H](CO)[C@H](O)[C@H](O)[C@H]4O)cc3Oc3cc(OC4(O)O[C@H](CO)[C@H](O)[C@H](O)[C@H]4O)ccc32)c2ccccc21. The number of ether oxygens (including phenoxy) is 6. The first-order valence-electron chi connectivity index (χ1n) is 15.0. The first-order valence-corrected chi connectivity index (χ1v) is 15.0. The van der Waals surface area contributed by atoms with Gasteiger partial charge in [0.25, 0.3) is 0 Å². The molecule has 4 heterocycles. The van der Waals surface area contributed by atoms with E-state index < -0.39 is 85.6 Å². The molecule has 0 aromatic heterocycles. The van der Waals surface area contributed by atoms with E-state index in [9.17, 15) is 55.9 Å². The highest BCUT2D eigenvalue weighted by molar-refractivity contribution is 5.97. The number of fused-ring (bicyclic) bond motifs is 6. The number of carbonyl (C=O) groups excluding carboxylic acids is 1. The number of hydrogen-bond acceptors (Lipinski definition) is 17. The maximum Gasteiger partial charge on any atom is 0.355 e. The summed E-state index contributed by atoms with van der Waals surface area (Å²) in [6.07, 6.45) is -14.9. The van der Waals surface area contributed by atoms with Gasteiger partial charge in [-0.25, -0.2) is 4.79 Å². The number of carbonyl (C=O) groups is 1. The van der Waals surface area contributed by atoms with Crippen LogP contribution in [0.5, 0.6) is 23.0 Å². The zero-order chi connectivity index (χ0) is 35.0. The Hall–Kier alpha value is -3.95. The molecule has 0 amide bonds. The normalized spacial score (nSPS) is 37.8. The van der Waals surface area contributed by atoms with Gasteiger partial charge in [0.15, 0.2) is 17.8 Å². The van der Waals surface area contributed by atoms with Gasteiger partial charge in [-0.3, -0.25) is 0 Å². The predicted octanol–water partition coefficient (Wildman–Crippen LogP) is -2.75. The monoisotopic (exact) mass is 688 g/mol. The van der Waals surface area contributed by atoms with E-state index >= 15 is 0 Å². The van der Waals surface area contributed by atoms with Crippen molar-refractivity contribution in [2.24, 2.45) is 0 Å². The van der Waals surface area contributed by atoms with Crippen LogP contribution in [0.25, 0.3) is 0 Å². The van der Waals surface area contributed by atoms with Crippen LogP contribution in [0, 0.1) is 0 Å². The second-order valence-electron chi connectivity index (χ2n) is 12.0. The summed E-state index contributed by atoms with van der Waals surface area (Å²) in [5, 5.41) is 103. The van der Waals surface area contributed by atoms with Gasteiger partial charge in [0.1, 0.15) is 59.6 Å². The van der Waals surface area contributed by atoms with E-state index in [-0.39, 0.29) is 39.7 Å². The molecular formula is C32H32O17. The van der Waals surface area contributed by atoms with Crippen molar-refractivity contribution in [3.63, 3.8) is 0 Å². The summed E-state index contributed by atoms with van der Waals surface area (Å²) in [5.74, 6) is -7.02. The first kappa shape index (κ1) is 33.5. The molecule has 0 radical (unpaired) electrons. The maximum atomic E-state index is 13.2. The maximum absolute atomic E-state index is 13.2. The fourth-order valence-corrected chi connectivity index (χ4v) is 6.52. The summed E-state index contributed by atoms with van der Waals surface area (Å²) >= 11 is 0. The minimum Gasteiger partial charge on any atom is -0.456 e. The van der Waals surface area contributed by atoms with Crippen molar-refractivity contribution in [2.75, 3.05) is 13.2 Å². The Morgan fingerprint density at radius 1 is 0.633 bits per heavy atom. The van der Waals surface area contributed by atoms with E-state index in [1.807, 2.05) is 0 Å². The second-order valence-corrected chi connectivity index (χ2v) is 12.0. The van der Waals surface area contributed by atoms with E-state index in [1.165, 1.54) is 36.4 Å². The third-order valence-electron chi connectivity index (χ3n) is 9.04. The molecule has 49 heavy (non-hydrogen) atoms. The van der Waals surface area contributed by atoms with E-state index in [2.05, 4.69) is 0 Å². The van der Waals surface area contributed by atoms with Crippen molar-refractivity contribution in [3.05, 3.63) is 82.9 Å². The number of aliphatic hydroxyl groups is 10. The van der Waals surface area contributed by atoms with Crippen LogP contribution >= 0.6 is 0 Å². The van der Waals surface area contributed by atoms with Gasteiger partial charge < -0.3 is 79.5 Å². The van der Waals surface area contributed by atoms with Gasteiger partial charge in [-0.2, -0.15) is 0 Å². The van der Waals surface area contributed by atoms with Crippen LogP contribution in [0.4, 0.5) is 0 Å². The molecule has 3 aromatic carbocycles. The molecule has 3 aromatic rings. The predicted molar refractivity (Wildman–Crippen MR) is 156 cm³/mol. The highest BCUT2D eigenvalue weighted by Gasteiger charge is 2.58. The molecule has 2 saturated heterocycles. The van der Waals surface area contributed by atoms with E-state index in [4.69, 9.17) is 28.4 Å². The van der Waals surface area contributed by atoms with Crippen LogP contribution in [0.1, 0.15) is 27.0 Å². The fourth-order valence-electron chi connectivity index (χ4n) is 6.52. The molecule has 10 N–H and O–H groups in total. The van der Waals surface area contributed by atoms with Gasteiger partial charge in [0.05, 0.1) is 18.8 Å². The van der Waals surface area contributed by atoms with E-state index in [0.717, 1.165) is 0 Å². The molecule has 7 rings (SSSR count). The molecule has 0 saturated carbocycles. The van der Waals surface area contributed by atoms with Crippen LogP contribution in [-0.4, -0.2) is 131 Å². The quantitative estimate of drug-likeness (QED) is 0.0929. The summed E-state index contributed by atoms with van der Waals surface area (Å²) < 4.78 is 33.7. The van der Waals surface area contributed by atoms with Crippen molar-refractivity contribution in [3.8, 4) is 23.0 Å². The van der Waals surface area contributed by atoms with Gasteiger partial charge >= 0.3 is 17.9 Å². The van der Waals surface area contributed by atoms with Gasteiger partial charge in [0, 0.05) is 28.8 Å². The Morgan fingerprint density at radius 3 is 1.57 bits per heavy atom. The van der Waals surface area contributed by atoms with Crippen LogP contribution < -0.4 is 14.2 Å². The molecule has 10 atom stereocenters. The minimum atomic E-state index is -2.95. The number of esters is 1. The smallest absolute Gasteiger partial charge is 0.355 e. The largest absolute Gasteiger partial charge is 0.456 e. The number of aliphatic hydroxyl groups excluding tert-OH is 8. The Bertz CT molecular complexity index is 1670. The Morgan fingerprint density at radius 2 is 1.10 bits per heavy atom. The van der Waals surface area contributed by atoms with Crippen LogP contribution in [0.3, 0.4) is 0 Å². The lowest BCUT2D eigenvalue weighted by molar-refractivity contribution is -0.422. The third-order valence-corrected chi connectivity index (χ3v) is 9.04. The van der Waals surface area contributed by atoms with Crippen molar-refractivity contribution < 1.29 is 84.3 Å². The number of hydrogen-bond donors (Lipinski definition) is 10. The molecule has 17 heteroatoms. The molecule has 262 valence electrons. The minimum absolute atomic E-state index is 0.0219. The lowest BCUT2D eigenvalue weighted by Gasteiger charge is -2.44. The average Bonchev–Trinajstić information content (AvgIpc) is 3.38. The van der Waals surface area contributed by atoms with Gasteiger partial charge in [-0.05, 0) is 30.3 Å². The van der Waals surface area contributed by atoms with Crippen molar-refractivity contribution >= 4 is 5.97 Å². The summed E-state index contributed by atoms with van der Waals surface area (Å²) in [6.45, 7) is -1.68. The third kappa shape index (κ3) is 5.06. The van der Waals surface area contributed by atoms with Crippen molar-refractivity contribution in [1.82, 2.24) is 0 Å². The highest BCUT2D eigenvalue weighted by Crippen LogP contribution is 2.57. The standard InChI is InChI=1S/C32H32O17/c33-11-21-23(35)25(37)27(39)31(42,47-21)45-13-5-7-17-19(9-13)44-20-10-14(46-32(43)28(40)26(38)24(36)22(12-34)48-32)6-8-18(20)30(17)16-4-2-1-3-15(16)29(41)49-30/h1-10,21-28,33-40,42-43H,11-12H2/t21-,22-,23+,24+,25+,26+,27-,28-,30?,31?,32?/m1/s1. The molecule has 0 aliphatic carbocycles. The van der Waals surface area contributed by atoms with Crippen molar-refractivity contribution in [1.29, 1.82) is 0 Å². The van der Waals surface area contributed by atoms with Gasteiger partial charge in [0.2, 0.25) is 0 Å². The molecule has 4 aliphatic rings. The average molecular weight is 689 g/mol. The Balaban J connectivity index is 1.29. The Kier molecular flexibility index (Phi) is 8.10. The van der Waals surface area contributed by atoms with Crippen LogP contribution in [0.2, 0.25) is 0 Å². The van der Waals surface area contributed by atoms with Crippen LogP contribution in [0.15, 0.2) is 60.7 Å². The molecule has 4 aliphatic heterocycles. The molecule has 2 unspecified atom stereocenters. The summed E-state index contributed by atoms with van der Waals surface area (Å²) in [4.78, 5) is 13.2. The lowest BCUT2D eigenvalue weighted by Crippen LogP contribution is -2.67. The first-order chi connectivity index (χ1) is 23.3. The van der Waals surface area contributed by atoms with Gasteiger partial charge in [-0.15, -0.1) is 0 Å².